The average molecular weight is 421 g/mol. The summed E-state index contributed by atoms with van der Waals surface area (Å²) in [5, 5.41) is 0.348. The molecular weight excluding hydrogens is 376 g/mol. The van der Waals surface area contributed by atoms with Crippen LogP contribution in [0.2, 0.25) is 0 Å². The van der Waals surface area contributed by atoms with Crippen LogP contribution in [0.15, 0.2) is 0 Å². The molecule has 166 valence electrons. The number of hydrogen-bond donors (Lipinski definition) is 0. The lowest BCUT2D eigenvalue weighted by atomic mass is 9.44. The lowest BCUT2D eigenvalue weighted by Gasteiger charge is -2.59. The average Bonchev–Trinajstić information content (AvgIpc) is 3.22. The van der Waals surface area contributed by atoms with Crippen LogP contribution in [0, 0.1) is 46.3 Å². The van der Waals surface area contributed by atoms with Crippen LogP contribution in [-0.2, 0) is 4.74 Å². The highest BCUT2D eigenvalue weighted by molar-refractivity contribution is 6.20. The molecule has 10 atom stereocenters. The number of rotatable bonds is 5. The second kappa shape index (κ2) is 7.13. The van der Waals surface area contributed by atoms with E-state index in [0.29, 0.717) is 22.3 Å². The van der Waals surface area contributed by atoms with E-state index >= 15 is 0 Å². The molecule has 0 radical (unpaired) electrons. The number of ether oxygens (including phenoxy) is 1. The number of hydrogen-bond acceptors (Lipinski definition) is 1. The fraction of sp³-hybridized carbons (Fsp3) is 1.00. The Hall–Kier alpha value is 0.250. The van der Waals surface area contributed by atoms with E-state index in [1.54, 1.807) is 0 Å². The van der Waals surface area contributed by atoms with Crippen molar-refractivity contribution in [3.05, 3.63) is 0 Å². The van der Waals surface area contributed by atoms with Gasteiger partial charge in [-0.2, -0.15) is 0 Å². The van der Waals surface area contributed by atoms with E-state index in [4.69, 9.17) is 16.3 Å². The summed E-state index contributed by atoms with van der Waals surface area (Å²) in [6, 6.07) is 0. The van der Waals surface area contributed by atoms with E-state index in [1.807, 2.05) is 0 Å². The Kier molecular flexibility index (Phi) is 5.19. The van der Waals surface area contributed by atoms with Gasteiger partial charge in [0.15, 0.2) is 0 Å². The predicted molar refractivity (Wildman–Crippen MR) is 122 cm³/mol. The summed E-state index contributed by atoms with van der Waals surface area (Å²) in [4.78, 5) is 0. The fourth-order valence-corrected chi connectivity index (χ4v) is 9.99. The van der Waals surface area contributed by atoms with Gasteiger partial charge >= 0.3 is 0 Å². The second-order valence-corrected chi connectivity index (χ2v) is 13.5. The van der Waals surface area contributed by atoms with Gasteiger partial charge in [-0.15, -0.1) is 11.6 Å². The monoisotopic (exact) mass is 420 g/mol. The van der Waals surface area contributed by atoms with Gasteiger partial charge in [0, 0.05) is 10.8 Å². The van der Waals surface area contributed by atoms with Gasteiger partial charge < -0.3 is 4.74 Å². The molecule has 5 aliphatic rings. The van der Waals surface area contributed by atoms with E-state index in [-0.39, 0.29) is 5.60 Å². The van der Waals surface area contributed by atoms with Crippen LogP contribution < -0.4 is 0 Å². The van der Waals surface area contributed by atoms with E-state index in [1.165, 1.54) is 64.2 Å². The highest BCUT2D eigenvalue weighted by Gasteiger charge is 2.75. The van der Waals surface area contributed by atoms with Gasteiger partial charge in [0.1, 0.15) is 5.60 Å². The first-order valence-electron chi connectivity index (χ1n) is 13.0. The zero-order valence-corrected chi connectivity index (χ0v) is 20.4. The van der Waals surface area contributed by atoms with Crippen molar-refractivity contribution in [2.75, 3.05) is 0 Å². The molecule has 1 spiro atoms. The molecule has 29 heavy (non-hydrogen) atoms. The fourth-order valence-electron chi connectivity index (χ4n) is 9.65. The maximum atomic E-state index is 6.64. The first-order valence-corrected chi connectivity index (χ1v) is 13.5. The minimum absolute atomic E-state index is 0.161. The van der Waals surface area contributed by atoms with E-state index in [9.17, 15) is 0 Å². The van der Waals surface area contributed by atoms with E-state index in [2.05, 4.69) is 34.6 Å². The maximum absolute atomic E-state index is 6.64. The third kappa shape index (κ3) is 3.02. The summed E-state index contributed by atoms with van der Waals surface area (Å²) in [5.74, 6) is 5.47. The van der Waals surface area contributed by atoms with Crippen molar-refractivity contribution in [2.45, 2.75) is 122 Å². The van der Waals surface area contributed by atoms with Crippen LogP contribution in [0.3, 0.4) is 0 Å². The summed E-state index contributed by atoms with van der Waals surface area (Å²) < 4.78 is 6.58. The molecule has 0 aromatic heterocycles. The van der Waals surface area contributed by atoms with Crippen molar-refractivity contribution in [2.24, 2.45) is 46.3 Å². The first-order chi connectivity index (χ1) is 13.7. The Morgan fingerprint density at radius 3 is 2.52 bits per heavy atom. The molecule has 1 heterocycles. The third-order valence-corrected chi connectivity index (χ3v) is 11.6. The first kappa shape index (κ1) is 21.1. The number of epoxide rings is 1. The van der Waals surface area contributed by atoms with Crippen LogP contribution >= 0.6 is 11.6 Å². The van der Waals surface area contributed by atoms with Crippen molar-refractivity contribution in [3.8, 4) is 0 Å². The topological polar surface area (TPSA) is 12.5 Å². The van der Waals surface area contributed by atoms with Crippen LogP contribution in [0.1, 0.15) is 105 Å². The van der Waals surface area contributed by atoms with Gasteiger partial charge in [-0.3, -0.25) is 0 Å². The molecule has 1 saturated heterocycles. The normalized spacial score (nSPS) is 54.3. The van der Waals surface area contributed by atoms with Crippen LogP contribution in [0.5, 0.6) is 0 Å². The van der Waals surface area contributed by atoms with Crippen molar-refractivity contribution in [3.63, 3.8) is 0 Å². The van der Waals surface area contributed by atoms with Gasteiger partial charge in [0.25, 0.3) is 0 Å². The van der Waals surface area contributed by atoms with Crippen molar-refractivity contribution < 1.29 is 4.74 Å². The molecule has 4 saturated carbocycles. The predicted octanol–water partition coefficient (Wildman–Crippen LogP) is 7.85. The van der Waals surface area contributed by atoms with Crippen LogP contribution in [-0.4, -0.2) is 17.1 Å². The minimum Gasteiger partial charge on any atom is -0.365 e. The smallest absolute Gasteiger partial charge is 0.102 e. The Labute approximate surface area is 185 Å². The third-order valence-electron chi connectivity index (χ3n) is 11.2. The van der Waals surface area contributed by atoms with Crippen LogP contribution in [0.25, 0.3) is 0 Å². The van der Waals surface area contributed by atoms with Gasteiger partial charge in [0.05, 0.1) is 6.10 Å². The zero-order chi connectivity index (χ0) is 20.6. The van der Waals surface area contributed by atoms with E-state index in [0.717, 1.165) is 41.9 Å². The second-order valence-electron chi connectivity index (χ2n) is 12.9. The van der Waals surface area contributed by atoms with Crippen molar-refractivity contribution >= 4 is 11.6 Å². The quantitative estimate of drug-likeness (QED) is 0.325. The number of fused-ring (bicyclic) bond motifs is 4. The molecule has 0 amide bonds. The van der Waals surface area contributed by atoms with Gasteiger partial charge in [-0.05, 0) is 92.3 Å². The Morgan fingerprint density at radius 1 is 0.966 bits per heavy atom. The minimum atomic E-state index is 0.161. The zero-order valence-electron chi connectivity index (χ0n) is 19.7. The molecule has 1 nitrogen and oxygen atoms in total. The SMILES string of the molecule is CC(C)CCC[C@@H](C)[C@H]1CC[C@H]2[C@@H]3C[C@H]4O[C@]45C[C@@H](Cl)CC[C@]5(C)[C@H]3CC[C@]12C. The number of alkyl halides is 1. The van der Waals surface area contributed by atoms with Crippen LogP contribution in [0.4, 0.5) is 0 Å². The standard InChI is InChI=1S/C27H45ClO/c1-17(2)7-6-8-18(3)21-9-10-22-20-15-24-27(29-24)16-19(28)11-14-26(27,5)23(20)12-13-25(21,22)4/h17-24H,6-16H2,1-5H3/t18-,19+,20+,21-,22+,23+,24-,25-,26-,27-/m1/s1. The molecule has 0 bridgehead atoms. The Bertz CT molecular complexity index is 632. The molecule has 4 aliphatic carbocycles. The molecule has 0 unspecified atom stereocenters. The molecular formula is C27H45ClO. The largest absolute Gasteiger partial charge is 0.365 e. The van der Waals surface area contributed by atoms with Gasteiger partial charge in [-0.1, -0.05) is 53.9 Å². The van der Waals surface area contributed by atoms with Gasteiger partial charge in [0.2, 0.25) is 0 Å². The van der Waals surface area contributed by atoms with Gasteiger partial charge in [-0.25, -0.2) is 0 Å². The molecule has 2 heteroatoms. The van der Waals surface area contributed by atoms with Crippen molar-refractivity contribution in [1.82, 2.24) is 0 Å². The molecule has 5 fully saturated rings. The molecule has 0 N–H and O–H groups in total. The Morgan fingerprint density at radius 2 is 1.76 bits per heavy atom. The highest BCUT2D eigenvalue weighted by Crippen LogP contribution is 2.74. The van der Waals surface area contributed by atoms with Crippen molar-refractivity contribution in [1.29, 1.82) is 0 Å². The lowest BCUT2D eigenvalue weighted by Crippen LogP contribution is -2.58. The summed E-state index contributed by atoms with van der Waals surface area (Å²) in [7, 11) is 0. The summed E-state index contributed by atoms with van der Waals surface area (Å²) in [6.07, 6.45) is 15.7. The van der Waals surface area contributed by atoms with E-state index < -0.39 is 0 Å². The highest BCUT2D eigenvalue weighted by atomic mass is 35.5. The Balaban J connectivity index is 1.33. The molecule has 0 aromatic rings. The molecule has 1 aliphatic heterocycles. The maximum Gasteiger partial charge on any atom is 0.102 e. The summed E-state index contributed by atoms with van der Waals surface area (Å²) >= 11 is 6.64. The number of halogens is 1. The lowest BCUT2D eigenvalue weighted by molar-refractivity contribution is -0.0996. The summed E-state index contributed by atoms with van der Waals surface area (Å²) in [6.45, 7) is 12.7. The molecule has 5 rings (SSSR count). The molecule has 0 aromatic carbocycles. The summed E-state index contributed by atoms with van der Waals surface area (Å²) in [5.41, 5.74) is 1.15.